The van der Waals surface area contributed by atoms with Crippen LogP contribution in [-0.4, -0.2) is 22.6 Å². The van der Waals surface area contributed by atoms with Crippen molar-refractivity contribution < 1.29 is 4.79 Å². The fourth-order valence-electron chi connectivity index (χ4n) is 3.41. The van der Waals surface area contributed by atoms with Crippen molar-refractivity contribution in [1.29, 1.82) is 10.7 Å². The lowest BCUT2D eigenvalue weighted by atomic mass is 10.0. The van der Waals surface area contributed by atoms with Gasteiger partial charge in [0.2, 0.25) is 0 Å². The maximum atomic E-state index is 12.7. The highest BCUT2D eigenvalue weighted by Gasteiger charge is 2.14. The van der Waals surface area contributed by atoms with Gasteiger partial charge in [0.25, 0.3) is 5.91 Å². The molecule has 1 amide bonds. The second-order valence-electron chi connectivity index (χ2n) is 7.89. The first-order valence-corrected chi connectivity index (χ1v) is 10.7. The maximum absolute atomic E-state index is 12.7. The van der Waals surface area contributed by atoms with E-state index in [9.17, 15) is 10.1 Å². The van der Waals surface area contributed by atoms with E-state index in [0.29, 0.717) is 28.1 Å². The van der Waals surface area contributed by atoms with Gasteiger partial charge in [-0.15, -0.1) is 5.73 Å². The number of amides is 1. The predicted molar refractivity (Wildman–Crippen MR) is 127 cm³/mol. The number of carbonyl (C=O) groups is 1. The molecule has 6 nitrogen and oxygen atoms in total. The fraction of sp³-hybridized carbons (Fsp3) is 0.269. The van der Waals surface area contributed by atoms with E-state index >= 15 is 0 Å². The van der Waals surface area contributed by atoms with Gasteiger partial charge in [-0.25, -0.2) is 0 Å². The van der Waals surface area contributed by atoms with Crippen LogP contribution in [0.5, 0.6) is 0 Å². The molecule has 1 heterocycles. The van der Waals surface area contributed by atoms with Crippen LogP contribution in [0.4, 0.5) is 0 Å². The molecule has 32 heavy (non-hydrogen) atoms. The third kappa shape index (κ3) is 6.12. The van der Waals surface area contributed by atoms with Gasteiger partial charge in [0.05, 0.1) is 22.7 Å². The van der Waals surface area contributed by atoms with E-state index < -0.39 is 0 Å². The normalized spacial score (nSPS) is 16.3. The molecule has 1 aromatic rings. The van der Waals surface area contributed by atoms with Gasteiger partial charge >= 0.3 is 0 Å². The van der Waals surface area contributed by atoms with Gasteiger partial charge in [-0.05, 0) is 75.0 Å². The number of nitrogens with one attached hydrogen (secondary N) is 2. The highest BCUT2D eigenvalue weighted by atomic mass is 16.1. The fourth-order valence-corrected chi connectivity index (χ4v) is 3.41. The van der Waals surface area contributed by atoms with E-state index in [-0.39, 0.29) is 17.7 Å². The maximum Gasteiger partial charge on any atom is 0.256 e. The highest BCUT2D eigenvalue weighted by Crippen LogP contribution is 2.22. The summed E-state index contributed by atoms with van der Waals surface area (Å²) in [4.78, 5) is 17.2. The van der Waals surface area contributed by atoms with Gasteiger partial charge in [-0.2, -0.15) is 5.26 Å². The van der Waals surface area contributed by atoms with Gasteiger partial charge in [-0.3, -0.25) is 15.2 Å². The third-order valence-electron chi connectivity index (χ3n) is 5.15. The number of aryl methyl sites for hydroxylation is 1. The van der Waals surface area contributed by atoms with Crippen LogP contribution in [-0.2, 0) is 11.2 Å². The van der Waals surface area contributed by atoms with Crippen molar-refractivity contribution in [3.05, 3.63) is 88.6 Å². The van der Waals surface area contributed by atoms with Crippen molar-refractivity contribution in [2.45, 2.75) is 45.1 Å². The van der Waals surface area contributed by atoms with Crippen LogP contribution >= 0.6 is 0 Å². The molecule has 1 aromatic heterocycles. The predicted octanol–water partition coefficient (Wildman–Crippen LogP) is 4.03. The van der Waals surface area contributed by atoms with Crippen molar-refractivity contribution in [3.8, 4) is 6.07 Å². The van der Waals surface area contributed by atoms with E-state index in [4.69, 9.17) is 11.1 Å². The molecule has 0 fully saturated rings. The van der Waals surface area contributed by atoms with Crippen LogP contribution in [0, 0.1) is 16.7 Å². The van der Waals surface area contributed by atoms with Gasteiger partial charge in [0, 0.05) is 23.4 Å². The van der Waals surface area contributed by atoms with E-state index in [0.717, 1.165) is 37.7 Å². The summed E-state index contributed by atoms with van der Waals surface area (Å²) in [5, 5.41) is 20.5. The van der Waals surface area contributed by atoms with Crippen LogP contribution in [0.3, 0.4) is 0 Å². The Bertz CT molecular complexity index is 1140. The number of allylic oxidation sites excluding steroid dienone is 6. The molecule has 0 aromatic carbocycles. The molecular weight excluding hydrogens is 398 g/mol. The van der Waals surface area contributed by atoms with Crippen molar-refractivity contribution in [2.24, 2.45) is 5.73 Å². The number of nitrogens with zero attached hydrogens (tertiary/aromatic N) is 2. The Balaban J connectivity index is 1.77. The first-order valence-electron chi connectivity index (χ1n) is 10.7. The summed E-state index contributed by atoms with van der Waals surface area (Å²) in [6, 6.07) is 4.25. The zero-order valence-electron chi connectivity index (χ0n) is 18.2. The van der Waals surface area contributed by atoms with Crippen LogP contribution in [0.2, 0.25) is 0 Å². The summed E-state index contributed by atoms with van der Waals surface area (Å²) < 4.78 is 0. The molecule has 0 saturated heterocycles. The molecule has 2 aliphatic rings. The lowest BCUT2D eigenvalue weighted by molar-refractivity contribution is -0.116. The van der Waals surface area contributed by atoms with Crippen molar-refractivity contribution >= 4 is 17.2 Å². The monoisotopic (exact) mass is 425 g/mol. The molecule has 4 N–H and O–H groups in total. The van der Waals surface area contributed by atoms with E-state index in [1.807, 2.05) is 25.1 Å². The zero-order valence-corrected chi connectivity index (χ0v) is 18.2. The summed E-state index contributed by atoms with van der Waals surface area (Å²) in [7, 11) is 0. The second-order valence-corrected chi connectivity index (χ2v) is 7.89. The average Bonchev–Trinajstić information content (AvgIpc) is 3.14. The Morgan fingerprint density at radius 2 is 2.22 bits per heavy atom. The molecule has 0 radical (unpaired) electrons. The van der Waals surface area contributed by atoms with Gasteiger partial charge in [0.15, 0.2) is 0 Å². The largest absolute Gasteiger partial charge is 0.328 e. The minimum Gasteiger partial charge on any atom is -0.328 e. The van der Waals surface area contributed by atoms with Gasteiger partial charge in [0.1, 0.15) is 6.07 Å². The molecule has 6 heteroatoms. The molecule has 0 spiro atoms. The number of rotatable bonds is 7. The van der Waals surface area contributed by atoms with Crippen molar-refractivity contribution in [3.63, 3.8) is 0 Å². The van der Waals surface area contributed by atoms with E-state index in [2.05, 4.69) is 22.1 Å². The smallest absolute Gasteiger partial charge is 0.256 e. The molecule has 0 aliphatic heterocycles. The average molecular weight is 426 g/mol. The minimum absolute atomic E-state index is 0.157. The van der Waals surface area contributed by atoms with Crippen LogP contribution in [0.1, 0.15) is 49.4 Å². The molecular formula is C26H27N5O. The number of nitriles is 1. The van der Waals surface area contributed by atoms with Crippen molar-refractivity contribution in [2.75, 3.05) is 0 Å². The molecule has 0 saturated carbocycles. The first-order chi connectivity index (χ1) is 15.5. The van der Waals surface area contributed by atoms with Crippen molar-refractivity contribution in [1.82, 2.24) is 10.3 Å². The number of hydrogen-bond donors (Lipinski definition) is 3. The summed E-state index contributed by atoms with van der Waals surface area (Å²) in [5.74, 6) is -0.312. The summed E-state index contributed by atoms with van der Waals surface area (Å²) in [6.07, 6.45) is 18.3. The molecule has 3 rings (SSSR count). The Kier molecular flexibility index (Phi) is 7.88. The molecule has 1 atom stereocenters. The minimum atomic E-state index is -0.312. The summed E-state index contributed by atoms with van der Waals surface area (Å²) in [5.41, 5.74) is 12.7. The molecule has 162 valence electrons. The second kappa shape index (κ2) is 11.0. The summed E-state index contributed by atoms with van der Waals surface area (Å²) >= 11 is 0. The lowest BCUT2D eigenvalue weighted by Crippen LogP contribution is -2.27. The van der Waals surface area contributed by atoms with Crippen LogP contribution < -0.4 is 11.1 Å². The standard InChI is InChI=1S/C26H27N5O/c1-18(28)7-5-8-19-15-22(16-27)25(30-17-19)20-9-6-10-21(14-13-20)26(32)31-24-12-4-2-3-11-23(24)29/h3,9-15,17-18,29H,2,4-5,7-8,28H2,1H3,(H,31,32). The Labute approximate surface area is 188 Å². The number of nitrogens with two attached hydrogens (primary N) is 1. The quantitative estimate of drug-likeness (QED) is 0.572. The Hall–Kier alpha value is -3.78. The first kappa shape index (κ1) is 22.9. The number of carbonyl (C=O) groups excluding carboxylic acids is 1. The SMILES string of the molecule is CC(N)CCCc1cnc(C2=CC=C(C(=O)NC3=CCCC=CC3=N)C=C=C2)c(C#N)c1. The van der Waals surface area contributed by atoms with E-state index in [1.54, 1.807) is 36.6 Å². The molecule has 1 unspecified atom stereocenters. The molecule has 0 bridgehead atoms. The Morgan fingerprint density at radius 1 is 1.38 bits per heavy atom. The third-order valence-corrected chi connectivity index (χ3v) is 5.15. The molecule has 2 aliphatic carbocycles. The van der Waals surface area contributed by atoms with Gasteiger partial charge in [-0.1, -0.05) is 18.2 Å². The summed E-state index contributed by atoms with van der Waals surface area (Å²) in [6.45, 7) is 1.98. The van der Waals surface area contributed by atoms with Gasteiger partial charge < -0.3 is 11.1 Å². The Morgan fingerprint density at radius 3 is 3.00 bits per heavy atom. The number of pyridine rings is 1. The highest BCUT2D eigenvalue weighted by molar-refractivity contribution is 6.10. The number of aromatic nitrogens is 1. The number of hydrogen-bond acceptors (Lipinski definition) is 5. The topological polar surface area (TPSA) is 116 Å². The van der Waals surface area contributed by atoms with E-state index in [1.165, 1.54) is 0 Å². The zero-order chi connectivity index (χ0) is 22.9. The van der Waals surface area contributed by atoms with Crippen LogP contribution in [0.15, 0.2) is 71.8 Å². The van der Waals surface area contributed by atoms with Crippen LogP contribution in [0.25, 0.3) is 5.57 Å². The lowest BCUT2D eigenvalue weighted by Gasteiger charge is -2.08.